The molecule has 17 heavy (non-hydrogen) atoms. The summed E-state index contributed by atoms with van der Waals surface area (Å²) in [6.07, 6.45) is 5.72. The first-order valence-corrected chi connectivity index (χ1v) is 6.43. The van der Waals surface area contributed by atoms with E-state index in [-0.39, 0.29) is 0 Å². The van der Waals surface area contributed by atoms with Crippen LogP contribution in [0.5, 0.6) is 0 Å². The summed E-state index contributed by atoms with van der Waals surface area (Å²) in [4.78, 5) is 9.33. The second kappa shape index (κ2) is 4.18. The van der Waals surface area contributed by atoms with E-state index in [2.05, 4.69) is 21.8 Å². The number of likely N-dealkylation sites (N-methyl/N-ethyl adjacent to an activating group) is 1. The molecule has 0 aromatic carbocycles. The topological polar surface area (TPSA) is 45.4 Å². The average molecular weight is 232 g/mol. The first kappa shape index (κ1) is 10.8. The second-order valence-corrected chi connectivity index (χ2v) is 5.20. The maximum Gasteiger partial charge on any atom is 0.151 e. The van der Waals surface area contributed by atoms with Crippen LogP contribution in [0.2, 0.25) is 0 Å². The molecule has 1 aromatic rings. The van der Waals surface area contributed by atoms with Crippen LogP contribution in [0.25, 0.3) is 0 Å². The minimum absolute atomic E-state index is 0.670. The van der Waals surface area contributed by atoms with Crippen molar-refractivity contribution in [1.82, 2.24) is 9.88 Å². The Bertz CT molecular complexity index is 406. The molecule has 2 atom stereocenters. The third-order valence-electron chi connectivity index (χ3n) is 4.26. The predicted molar refractivity (Wildman–Crippen MR) is 70.1 cm³/mol. The molecule has 2 bridgehead atoms. The van der Waals surface area contributed by atoms with Crippen molar-refractivity contribution in [1.29, 1.82) is 0 Å². The molecule has 2 aliphatic rings. The van der Waals surface area contributed by atoms with E-state index in [1.165, 1.54) is 19.3 Å². The molecule has 3 heterocycles. The standard InChI is InChI=1S/C13H20N4/c1-16-10-4-5-11(16)9-17(8-6-10)13-12(14)3-2-7-15-13/h2-3,7,10-11H,4-6,8-9,14H2,1H3. The van der Waals surface area contributed by atoms with Crippen LogP contribution in [0.3, 0.4) is 0 Å². The highest BCUT2D eigenvalue weighted by Gasteiger charge is 2.35. The molecule has 0 aliphatic carbocycles. The minimum atomic E-state index is 0.670. The van der Waals surface area contributed by atoms with Gasteiger partial charge in [-0.2, -0.15) is 0 Å². The molecule has 92 valence electrons. The van der Waals surface area contributed by atoms with Crippen molar-refractivity contribution >= 4 is 11.5 Å². The molecular weight excluding hydrogens is 212 g/mol. The van der Waals surface area contributed by atoms with Gasteiger partial charge in [-0.1, -0.05) is 0 Å². The fraction of sp³-hybridized carbons (Fsp3) is 0.615. The molecule has 2 saturated heterocycles. The maximum atomic E-state index is 6.02. The Kier molecular flexibility index (Phi) is 2.67. The number of aromatic nitrogens is 1. The zero-order valence-electron chi connectivity index (χ0n) is 10.3. The van der Waals surface area contributed by atoms with Crippen molar-refractivity contribution in [2.24, 2.45) is 0 Å². The van der Waals surface area contributed by atoms with Gasteiger partial charge in [-0.15, -0.1) is 0 Å². The molecule has 0 radical (unpaired) electrons. The Balaban J connectivity index is 1.84. The van der Waals surface area contributed by atoms with Crippen molar-refractivity contribution in [2.45, 2.75) is 31.3 Å². The monoisotopic (exact) mass is 232 g/mol. The molecule has 1 aromatic heterocycles. The van der Waals surface area contributed by atoms with E-state index in [9.17, 15) is 0 Å². The summed E-state index contributed by atoms with van der Waals surface area (Å²) in [5, 5.41) is 0. The number of fused-ring (bicyclic) bond motifs is 2. The number of nitrogens with two attached hydrogens (primary N) is 1. The van der Waals surface area contributed by atoms with E-state index in [0.29, 0.717) is 6.04 Å². The summed E-state index contributed by atoms with van der Waals surface area (Å²) in [6, 6.07) is 5.27. The Morgan fingerprint density at radius 3 is 2.94 bits per heavy atom. The van der Waals surface area contributed by atoms with E-state index >= 15 is 0 Å². The summed E-state index contributed by atoms with van der Waals surface area (Å²) in [5.74, 6) is 0.966. The lowest BCUT2D eigenvalue weighted by atomic mass is 10.1. The van der Waals surface area contributed by atoms with Gasteiger partial charge < -0.3 is 10.6 Å². The Hall–Kier alpha value is -1.29. The molecule has 3 rings (SSSR count). The summed E-state index contributed by atoms with van der Waals surface area (Å²) >= 11 is 0. The molecule has 4 heteroatoms. The first-order valence-electron chi connectivity index (χ1n) is 6.43. The van der Waals surface area contributed by atoms with Crippen LogP contribution in [-0.2, 0) is 0 Å². The highest BCUT2D eigenvalue weighted by Crippen LogP contribution is 2.31. The number of pyridine rings is 1. The molecular formula is C13H20N4. The van der Waals surface area contributed by atoms with Crippen molar-refractivity contribution < 1.29 is 0 Å². The molecule has 2 aliphatic heterocycles. The summed E-state index contributed by atoms with van der Waals surface area (Å²) in [6.45, 7) is 2.14. The normalized spacial score (nSPS) is 29.4. The maximum absolute atomic E-state index is 6.02. The van der Waals surface area contributed by atoms with Gasteiger partial charge in [0, 0.05) is 31.4 Å². The van der Waals surface area contributed by atoms with Gasteiger partial charge in [-0.3, -0.25) is 4.90 Å². The zero-order valence-corrected chi connectivity index (χ0v) is 10.3. The molecule has 4 nitrogen and oxygen atoms in total. The second-order valence-electron chi connectivity index (χ2n) is 5.20. The van der Waals surface area contributed by atoms with Crippen LogP contribution in [0.15, 0.2) is 18.3 Å². The van der Waals surface area contributed by atoms with E-state index in [1.54, 1.807) is 0 Å². The number of nitrogen functional groups attached to an aromatic ring is 1. The van der Waals surface area contributed by atoms with Gasteiger partial charge in [0.05, 0.1) is 5.69 Å². The van der Waals surface area contributed by atoms with Gasteiger partial charge >= 0.3 is 0 Å². The third kappa shape index (κ3) is 1.86. The molecule has 0 amide bonds. The van der Waals surface area contributed by atoms with E-state index in [1.807, 2.05) is 18.3 Å². The average Bonchev–Trinajstić information content (AvgIpc) is 2.55. The highest BCUT2D eigenvalue weighted by atomic mass is 15.3. The van der Waals surface area contributed by atoms with Gasteiger partial charge in [0.15, 0.2) is 5.82 Å². The lowest BCUT2D eigenvalue weighted by Crippen LogP contribution is -2.37. The molecule has 0 saturated carbocycles. The van der Waals surface area contributed by atoms with Crippen molar-refractivity contribution in [3.63, 3.8) is 0 Å². The largest absolute Gasteiger partial charge is 0.396 e. The van der Waals surface area contributed by atoms with E-state index < -0.39 is 0 Å². The smallest absolute Gasteiger partial charge is 0.151 e. The van der Waals surface area contributed by atoms with Gasteiger partial charge in [0.2, 0.25) is 0 Å². The van der Waals surface area contributed by atoms with Crippen molar-refractivity contribution in [3.05, 3.63) is 18.3 Å². The summed E-state index contributed by atoms with van der Waals surface area (Å²) in [7, 11) is 2.26. The predicted octanol–water partition coefficient (Wildman–Crippen LogP) is 1.34. The lowest BCUT2D eigenvalue weighted by Gasteiger charge is -2.27. The number of rotatable bonds is 1. The number of anilines is 2. The summed E-state index contributed by atoms with van der Waals surface area (Å²) < 4.78 is 0. The quantitative estimate of drug-likeness (QED) is 0.793. The fourth-order valence-electron chi connectivity index (χ4n) is 3.17. The van der Waals surface area contributed by atoms with Crippen LogP contribution < -0.4 is 10.6 Å². The van der Waals surface area contributed by atoms with Crippen LogP contribution in [0.1, 0.15) is 19.3 Å². The van der Waals surface area contributed by atoms with Gasteiger partial charge in [-0.05, 0) is 38.4 Å². The van der Waals surface area contributed by atoms with E-state index in [4.69, 9.17) is 5.73 Å². The highest BCUT2D eigenvalue weighted by molar-refractivity contribution is 5.62. The van der Waals surface area contributed by atoms with Gasteiger partial charge in [0.1, 0.15) is 0 Å². The van der Waals surface area contributed by atoms with Crippen LogP contribution in [0, 0.1) is 0 Å². The van der Waals surface area contributed by atoms with E-state index in [0.717, 1.165) is 30.6 Å². The number of nitrogens with zero attached hydrogens (tertiary/aromatic N) is 3. The number of hydrogen-bond acceptors (Lipinski definition) is 4. The SMILES string of the molecule is CN1C2CCC1CN(c1ncccc1N)CC2. The number of hydrogen-bond donors (Lipinski definition) is 1. The van der Waals surface area contributed by atoms with Gasteiger partial charge in [0.25, 0.3) is 0 Å². The molecule has 0 spiro atoms. The minimum Gasteiger partial charge on any atom is -0.396 e. The van der Waals surface area contributed by atoms with Crippen LogP contribution in [-0.4, -0.2) is 42.1 Å². The Labute approximate surface area is 102 Å². The first-order chi connectivity index (χ1) is 8.25. The molecule has 2 fully saturated rings. The molecule has 2 unspecified atom stereocenters. The van der Waals surface area contributed by atoms with Gasteiger partial charge in [-0.25, -0.2) is 4.98 Å². The van der Waals surface area contributed by atoms with Crippen molar-refractivity contribution in [2.75, 3.05) is 30.8 Å². The van der Waals surface area contributed by atoms with Crippen LogP contribution in [0.4, 0.5) is 11.5 Å². The van der Waals surface area contributed by atoms with Crippen molar-refractivity contribution in [3.8, 4) is 0 Å². The Morgan fingerprint density at radius 2 is 2.12 bits per heavy atom. The summed E-state index contributed by atoms with van der Waals surface area (Å²) in [5.41, 5.74) is 6.82. The Morgan fingerprint density at radius 1 is 1.29 bits per heavy atom. The fourth-order valence-corrected chi connectivity index (χ4v) is 3.17. The lowest BCUT2D eigenvalue weighted by molar-refractivity contribution is 0.254. The third-order valence-corrected chi connectivity index (χ3v) is 4.26. The molecule has 2 N–H and O–H groups in total. The zero-order chi connectivity index (χ0) is 11.8. The van der Waals surface area contributed by atoms with Crippen LogP contribution >= 0.6 is 0 Å².